The molecule has 2 aromatic carbocycles. The molecule has 2 atom stereocenters. The fourth-order valence-electron chi connectivity index (χ4n) is 2.46. The van der Waals surface area contributed by atoms with Crippen LogP contribution in [0.1, 0.15) is 0 Å². The fourth-order valence-corrected chi connectivity index (χ4v) is 9.87. The predicted molar refractivity (Wildman–Crippen MR) is 102 cm³/mol. The molecule has 0 spiro atoms. The average molecular weight is 550 g/mol. The molecule has 0 fully saturated rings. The first-order chi connectivity index (χ1) is 13.4. The quantitative estimate of drug-likeness (QED) is 0.287. The summed E-state index contributed by atoms with van der Waals surface area (Å²) in [5, 5.41) is -4.94. The van der Waals surface area contributed by atoms with Crippen LogP contribution in [0.25, 0.3) is 0 Å². The standard InChI is InChI=1S/C18H13F6IO3S/c19-15-11-12-16(20,18(23,24)17(15,21)22)29(26,27)28-25(13-7-3-1-4-8-13)14-9-5-2-6-10-14/h1-12,15H. The van der Waals surface area contributed by atoms with Gasteiger partial charge in [-0.15, -0.1) is 0 Å². The summed E-state index contributed by atoms with van der Waals surface area (Å²) in [6.07, 6.45) is -4.19. The summed E-state index contributed by atoms with van der Waals surface area (Å²) in [7, 11) is -5.96. The Kier molecular flexibility index (Phi) is 5.78. The first-order valence-electron chi connectivity index (χ1n) is 7.96. The molecule has 0 aliphatic heterocycles. The average Bonchev–Trinajstić information content (AvgIpc) is 2.69. The first-order valence-corrected chi connectivity index (χ1v) is 12.4. The van der Waals surface area contributed by atoms with E-state index >= 15 is 4.39 Å². The number of allylic oxidation sites excluding steroid dienone is 1. The van der Waals surface area contributed by atoms with Crippen molar-refractivity contribution in [2.75, 3.05) is 0 Å². The number of halogens is 7. The molecule has 0 saturated carbocycles. The van der Waals surface area contributed by atoms with Crippen molar-refractivity contribution in [3.8, 4) is 0 Å². The van der Waals surface area contributed by atoms with Crippen LogP contribution in [0.4, 0.5) is 26.3 Å². The molecule has 1 aliphatic carbocycles. The second-order valence-electron chi connectivity index (χ2n) is 5.96. The fraction of sp³-hybridized carbons (Fsp3) is 0.222. The van der Waals surface area contributed by atoms with Crippen molar-refractivity contribution >= 4 is 30.4 Å². The monoisotopic (exact) mass is 550 g/mol. The molecule has 11 heteroatoms. The Morgan fingerprint density at radius 1 is 0.828 bits per heavy atom. The summed E-state index contributed by atoms with van der Waals surface area (Å²) in [4.78, 5) is 0. The molecule has 158 valence electrons. The molecular weight excluding hydrogens is 537 g/mol. The van der Waals surface area contributed by atoms with Crippen molar-refractivity contribution in [1.29, 1.82) is 0 Å². The zero-order valence-electron chi connectivity index (χ0n) is 14.3. The van der Waals surface area contributed by atoms with E-state index in [1.165, 1.54) is 48.5 Å². The first kappa shape index (κ1) is 22.1. The SMILES string of the molecule is O=S(=O)(OI(c1ccccc1)c1ccccc1)C1(F)C=CC(F)C(F)(F)C1(F)F. The number of rotatable bonds is 5. The van der Waals surface area contributed by atoms with Gasteiger partial charge < -0.3 is 0 Å². The minimum atomic E-state index is -5.96. The predicted octanol–water partition coefficient (Wildman–Crippen LogP) is 5.34. The van der Waals surface area contributed by atoms with Crippen molar-refractivity contribution in [2.45, 2.75) is 23.0 Å². The summed E-state index contributed by atoms with van der Waals surface area (Å²) < 4.78 is 115. The third-order valence-corrected chi connectivity index (χ3v) is 11.7. The van der Waals surface area contributed by atoms with Gasteiger partial charge in [0, 0.05) is 0 Å². The van der Waals surface area contributed by atoms with Crippen molar-refractivity contribution in [3.63, 3.8) is 0 Å². The Morgan fingerprint density at radius 2 is 1.28 bits per heavy atom. The molecule has 2 aromatic rings. The van der Waals surface area contributed by atoms with Crippen molar-refractivity contribution in [3.05, 3.63) is 80.0 Å². The van der Waals surface area contributed by atoms with Gasteiger partial charge in [-0.3, -0.25) is 0 Å². The van der Waals surface area contributed by atoms with E-state index in [1.807, 2.05) is 0 Å². The van der Waals surface area contributed by atoms with Crippen LogP contribution >= 0.6 is 20.2 Å². The van der Waals surface area contributed by atoms with E-state index in [2.05, 4.69) is 0 Å². The van der Waals surface area contributed by atoms with E-state index in [0.29, 0.717) is 7.14 Å². The van der Waals surface area contributed by atoms with E-state index < -0.39 is 59.4 Å². The summed E-state index contributed by atoms with van der Waals surface area (Å²) in [5.74, 6) is -11.5. The van der Waals surface area contributed by atoms with E-state index in [1.54, 1.807) is 12.1 Å². The maximum atomic E-state index is 15.0. The van der Waals surface area contributed by atoms with E-state index in [9.17, 15) is 30.4 Å². The van der Waals surface area contributed by atoms with E-state index in [-0.39, 0.29) is 6.08 Å². The molecule has 0 amide bonds. The molecule has 3 nitrogen and oxygen atoms in total. The molecule has 0 aromatic heterocycles. The van der Waals surface area contributed by atoms with Crippen LogP contribution < -0.4 is 0 Å². The van der Waals surface area contributed by atoms with Gasteiger partial charge in [0.25, 0.3) is 0 Å². The molecule has 0 bridgehead atoms. The van der Waals surface area contributed by atoms with Crippen LogP contribution in [0, 0.1) is 7.14 Å². The third kappa shape index (κ3) is 3.56. The molecule has 3 rings (SSSR count). The Labute approximate surface area is 170 Å². The van der Waals surface area contributed by atoms with Gasteiger partial charge in [-0.05, 0) is 0 Å². The summed E-state index contributed by atoms with van der Waals surface area (Å²) in [6.45, 7) is 0. The van der Waals surface area contributed by atoms with E-state index in [0.717, 1.165) is 0 Å². The van der Waals surface area contributed by atoms with Crippen LogP contribution in [0.3, 0.4) is 0 Å². The number of alkyl halides is 6. The Balaban J connectivity index is 2.09. The minimum absolute atomic E-state index is 0.234. The summed E-state index contributed by atoms with van der Waals surface area (Å²) >= 11 is -3.56. The second kappa shape index (κ2) is 7.58. The molecule has 0 heterocycles. The topological polar surface area (TPSA) is 43.4 Å². The van der Waals surface area contributed by atoms with Crippen molar-refractivity contribution in [2.24, 2.45) is 0 Å². The van der Waals surface area contributed by atoms with Gasteiger partial charge in [0.05, 0.1) is 0 Å². The van der Waals surface area contributed by atoms with Gasteiger partial charge in [0.1, 0.15) is 0 Å². The van der Waals surface area contributed by atoms with Gasteiger partial charge in [0.2, 0.25) is 0 Å². The van der Waals surface area contributed by atoms with Crippen molar-refractivity contribution in [1.82, 2.24) is 0 Å². The normalized spacial score (nSPS) is 26.1. The Morgan fingerprint density at radius 3 is 1.72 bits per heavy atom. The maximum absolute atomic E-state index is 15.0. The second-order valence-corrected chi connectivity index (χ2v) is 12.6. The molecular formula is C18H13F6IO3S. The zero-order valence-corrected chi connectivity index (χ0v) is 17.3. The Hall–Kier alpha value is -1.60. The van der Waals surface area contributed by atoms with Gasteiger partial charge >= 0.3 is 171 Å². The van der Waals surface area contributed by atoms with Gasteiger partial charge in [-0.2, -0.15) is 0 Å². The van der Waals surface area contributed by atoms with Crippen LogP contribution in [0.2, 0.25) is 0 Å². The summed E-state index contributed by atoms with van der Waals surface area (Å²) in [5.41, 5.74) is 0. The van der Waals surface area contributed by atoms with Crippen LogP contribution in [0.15, 0.2) is 72.8 Å². The molecule has 29 heavy (non-hydrogen) atoms. The molecule has 0 N–H and O–H groups in total. The van der Waals surface area contributed by atoms with Crippen LogP contribution in [0.5, 0.6) is 0 Å². The van der Waals surface area contributed by atoms with Gasteiger partial charge in [-0.1, -0.05) is 0 Å². The number of hydrogen-bond acceptors (Lipinski definition) is 3. The van der Waals surface area contributed by atoms with Gasteiger partial charge in [0.15, 0.2) is 0 Å². The molecule has 2 unspecified atom stereocenters. The third-order valence-electron chi connectivity index (χ3n) is 4.05. The Bertz CT molecular complexity index is 961. The molecule has 0 saturated heterocycles. The zero-order chi connectivity index (χ0) is 21.5. The van der Waals surface area contributed by atoms with Crippen LogP contribution in [-0.4, -0.2) is 31.4 Å². The van der Waals surface area contributed by atoms with Crippen molar-refractivity contribution < 1.29 is 37.3 Å². The number of hydrogen-bond donors (Lipinski definition) is 0. The van der Waals surface area contributed by atoms with E-state index in [4.69, 9.17) is 2.51 Å². The molecule has 0 radical (unpaired) electrons. The van der Waals surface area contributed by atoms with Crippen LogP contribution in [-0.2, 0) is 12.6 Å². The number of benzene rings is 2. The summed E-state index contributed by atoms with van der Waals surface area (Å²) in [6, 6.07) is 15.2. The van der Waals surface area contributed by atoms with Gasteiger partial charge in [-0.25, -0.2) is 0 Å². The molecule has 1 aliphatic rings.